The quantitative estimate of drug-likeness (QED) is 0.923. The van der Waals surface area contributed by atoms with E-state index in [0.29, 0.717) is 12.0 Å². The number of carbonyl (C=O) groups is 1. The first-order chi connectivity index (χ1) is 11.8. The van der Waals surface area contributed by atoms with Gasteiger partial charge in [0.25, 0.3) is 5.91 Å². The van der Waals surface area contributed by atoms with Crippen molar-refractivity contribution >= 4 is 16.8 Å². The Bertz CT molecular complexity index is 786. The largest absolute Gasteiger partial charge is 0.348 e. The lowest BCUT2D eigenvalue weighted by atomic mass is 9.84. The molecule has 4 aliphatic rings. The molecule has 5 heterocycles. The molecule has 0 spiro atoms. The van der Waals surface area contributed by atoms with Crippen LogP contribution in [-0.4, -0.2) is 41.1 Å². The van der Waals surface area contributed by atoms with E-state index in [0.717, 1.165) is 30.5 Å². The Morgan fingerprint density at radius 1 is 1.12 bits per heavy atom. The Labute approximate surface area is 142 Å². The molecule has 4 heteroatoms. The topological polar surface area (TPSA) is 37.3 Å². The Kier molecular flexibility index (Phi) is 3.40. The first-order valence-corrected chi connectivity index (χ1v) is 9.44. The van der Waals surface area contributed by atoms with E-state index in [1.54, 1.807) is 0 Å². The van der Waals surface area contributed by atoms with Crippen molar-refractivity contribution in [3.05, 3.63) is 35.5 Å². The average Bonchev–Trinajstić information content (AvgIpc) is 3.01. The third-order valence-corrected chi connectivity index (χ3v) is 6.31. The second-order valence-corrected chi connectivity index (χ2v) is 7.70. The number of aryl methyl sites for hydroxylation is 2. The third-order valence-electron chi connectivity index (χ3n) is 6.31. The molecular weight excluding hydrogens is 298 g/mol. The van der Waals surface area contributed by atoms with E-state index in [4.69, 9.17) is 0 Å². The summed E-state index contributed by atoms with van der Waals surface area (Å²) in [5.74, 6) is 0.780. The molecule has 3 saturated heterocycles. The lowest BCUT2D eigenvalue weighted by Crippen LogP contribution is -2.57. The molecule has 1 aromatic carbocycles. The van der Waals surface area contributed by atoms with E-state index in [1.165, 1.54) is 50.0 Å². The zero-order valence-corrected chi connectivity index (χ0v) is 14.1. The van der Waals surface area contributed by atoms with Crippen molar-refractivity contribution in [2.24, 2.45) is 5.92 Å². The van der Waals surface area contributed by atoms with Crippen molar-refractivity contribution in [2.45, 2.75) is 44.7 Å². The van der Waals surface area contributed by atoms with Crippen LogP contribution in [0.25, 0.3) is 10.9 Å². The fraction of sp³-hybridized carbons (Fsp3) is 0.550. The van der Waals surface area contributed by atoms with Crippen LogP contribution in [0, 0.1) is 5.92 Å². The van der Waals surface area contributed by atoms with Crippen LogP contribution in [0.4, 0.5) is 0 Å². The monoisotopic (exact) mass is 323 g/mol. The lowest BCUT2D eigenvalue weighted by Gasteiger charge is -2.44. The molecule has 6 rings (SSSR count). The molecule has 1 amide bonds. The SMILES string of the molecule is O=C(NC1CN2CCC1CC2)c1cccc2c1cc1n2CCCC1. The number of hydrogen-bond donors (Lipinski definition) is 1. The smallest absolute Gasteiger partial charge is 0.252 e. The summed E-state index contributed by atoms with van der Waals surface area (Å²) in [5, 5.41) is 4.48. The van der Waals surface area contributed by atoms with E-state index < -0.39 is 0 Å². The minimum Gasteiger partial charge on any atom is -0.348 e. The molecule has 0 saturated carbocycles. The van der Waals surface area contributed by atoms with Gasteiger partial charge in [-0.2, -0.15) is 0 Å². The maximum Gasteiger partial charge on any atom is 0.252 e. The van der Waals surface area contributed by atoms with Gasteiger partial charge >= 0.3 is 0 Å². The molecule has 126 valence electrons. The summed E-state index contributed by atoms with van der Waals surface area (Å²) >= 11 is 0. The van der Waals surface area contributed by atoms with E-state index in [1.807, 2.05) is 12.1 Å². The number of aromatic nitrogens is 1. The van der Waals surface area contributed by atoms with Gasteiger partial charge in [-0.15, -0.1) is 0 Å². The van der Waals surface area contributed by atoms with Gasteiger partial charge < -0.3 is 14.8 Å². The fourth-order valence-corrected chi connectivity index (χ4v) is 4.96. The highest BCUT2D eigenvalue weighted by Crippen LogP contribution is 2.30. The molecular formula is C20H25N3O. The molecule has 1 atom stereocenters. The van der Waals surface area contributed by atoms with Gasteiger partial charge in [0.2, 0.25) is 0 Å². The van der Waals surface area contributed by atoms with Crippen LogP contribution >= 0.6 is 0 Å². The van der Waals surface area contributed by atoms with Gasteiger partial charge in [0.15, 0.2) is 0 Å². The van der Waals surface area contributed by atoms with E-state index in [9.17, 15) is 4.79 Å². The molecule has 1 N–H and O–H groups in total. The molecule has 0 radical (unpaired) electrons. The first kappa shape index (κ1) is 14.5. The summed E-state index contributed by atoms with van der Waals surface area (Å²) in [7, 11) is 0. The number of nitrogens with zero attached hydrogens (tertiary/aromatic N) is 2. The molecule has 1 aromatic heterocycles. The minimum atomic E-state index is 0.113. The van der Waals surface area contributed by atoms with Gasteiger partial charge in [-0.25, -0.2) is 0 Å². The Balaban J connectivity index is 1.45. The van der Waals surface area contributed by atoms with Crippen molar-refractivity contribution in [3.8, 4) is 0 Å². The number of fused-ring (bicyclic) bond motifs is 6. The van der Waals surface area contributed by atoms with E-state index in [-0.39, 0.29) is 5.91 Å². The molecule has 1 unspecified atom stereocenters. The van der Waals surface area contributed by atoms with Crippen LogP contribution in [0.5, 0.6) is 0 Å². The van der Waals surface area contributed by atoms with Gasteiger partial charge in [-0.3, -0.25) is 4.79 Å². The number of rotatable bonds is 2. The minimum absolute atomic E-state index is 0.113. The first-order valence-electron chi connectivity index (χ1n) is 9.44. The molecule has 3 fully saturated rings. The number of nitrogens with one attached hydrogen (secondary N) is 1. The Morgan fingerprint density at radius 2 is 2.00 bits per heavy atom. The van der Waals surface area contributed by atoms with Crippen LogP contribution < -0.4 is 5.32 Å². The summed E-state index contributed by atoms with van der Waals surface area (Å²) in [6.45, 7) is 4.53. The molecule has 2 aromatic rings. The maximum atomic E-state index is 13.0. The zero-order chi connectivity index (χ0) is 16.1. The van der Waals surface area contributed by atoms with Crippen molar-refractivity contribution in [3.63, 3.8) is 0 Å². The predicted molar refractivity (Wildman–Crippen MR) is 95.3 cm³/mol. The average molecular weight is 323 g/mol. The normalized spacial score (nSPS) is 28.8. The standard InChI is InChI=1S/C20H25N3O/c24-20(21-18-13-22-10-7-14(18)8-11-22)16-5-3-6-19-17(16)12-15-4-1-2-9-23(15)19/h3,5-6,12,14,18H,1-2,4,7-11,13H2,(H,21,24). The van der Waals surface area contributed by atoms with Gasteiger partial charge in [0.05, 0.1) is 0 Å². The molecule has 2 bridgehead atoms. The van der Waals surface area contributed by atoms with Crippen molar-refractivity contribution in [1.82, 2.24) is 14.8 Å². The number of carbonyl (C=O) groups excluding carboxylic acids is 1. The number of amides is 1. The van der Waals surface area contributed by atoms with Gasteiger partial charge in [-0.05, 0) is 69.3 Å². The van der Waals surface area contributed by atoms with Crippen LogP contribution in [0.3, 0.4) is 0 Å². The van der Waals surface area contributed by atoms with Crippen LogP contribution in [0.1, 0.15) is 41.7 Å². The fourth-order valence-electron chi connectivity index (χ4n) is 4.96. The summed E-state index contributed by atoms with van der Waals surface area (Å²) in [5.41, 5.74) is 3.47. The predicted octanol–water partition coefficient (Wildman–Crippen LogP) is 2.80. The van der Waals surface area contributed by atoms with E-state index >= 15 is 0 Å². The number of benzene rings is 1. The van der Waals surface area contributed by atoms with Crippen LogP contribution in [-0.2, 0) is 13.0 Å². The molecule has 4 aliphatic heterocycles. The second kappa shape index (κ2) is 5.62. The van der Waals surface area contributed by atoms with Gasteiger partial charge in [0, 0.05) is 41.3 Å². The summed E-state index contributed by atoms with van der Waals surface area (Å²) in [4.78, 5) is 15.5. The highest BCUT2D eigenvalue weighted by atomic mass is 16.1. The summed E-state index contributed by atoms with van der Waals surface area (Å²) in [6, 6.07) is 8.77. The number of hydrogen-bond acceptors (Lipinski definition) is 2. The molecule has 24 heavy (non-hydrogen) atoms. The van der Waals surface area contributed by atoms with Crippen LogP contribution in [0.15, 0.2) is 24.3 Å². The van der Waals surface area contributed by atoms with E-state index in [2.05, 4.69) is 26.9 Å². The van der Waals surface area contributed by atoms with Gasteiger partial charge in [0.1, 0.15) is 0 Å². The zero-order valence-electron chi connectivity index (χ0n) is 14.1. The highest BCUT2D eigenvalue weighted by molar-refractivity contribution is 6.07. The molecule has 0 aliphatic carbocycles. The molecule has 4 nitrogen and oxygen atoms in total. The number of piperidine rings is 3. The van der Waals surface area contributed by atoms with Crippen molar-refractivity contribution in [2.75, 3.05) is 19.6 Å². The second-order valence-electron chi connectivity index (χ2n) is 7.70. The lowest BCUT2D eigenvalue weighted by molar-refractivity contribution is 0.0621. The third kappa shape index (κ3) is 2.27. The van der Waals surface area contributed by atoms with Crippen molar-refractivity contribution in [1.29, 1.82) is 0 Å². The summed E-state index contributed by atoms with van der Waals surface area (Å²) in [6.07, 6.45) is 6.10. The van der Waals surface area contributed by atoms with Crippen LogP contribution in [0.2, 0.25) is 0 Å². The van der Waals surface area contributed by atoms with Gasteiger partial charge in [-0.1, -0.05) is 6.07 Å². The summed E-state index contributed by atoms with van der Waals surface area (Å²) < 4.78 is 2.41. The maximum absolute atomic E-state index is 13.0. The van der Waals surface area contributed by atoms with Crippen molar-refractivity contribution < 1.29 is 4.79 Å². The highest BCUT2D eigenvalue weighted by Gasteiger charge is 2.35. The Hall–Kier alpha value is -1.81. The Morgan fingerprint density at radius 3 is 2.79 bits per heavy atom.